The molecule has 0 aromatic heterocycles. The Hall–Kier alpha value is -7.94. The molecular weight excluding hydrogens is 770 g/mol. The first-order valence-corrected chi connectivity index (χ1v) is 22.0. The van der Waals surface area contributed by atoms with E-state index in [-0.39, 0.29) is 0 Å². The fraction of sp³-hybridized carbons (Fsp3) is 0.0323. The monoisotopic (exact) mass is 815 g/mol. The first-order chi connectivity index (χ1) is 31.5. The molecule has 0 saturated carbocycles. The third-order valence-electron chi connectivity index (χ3n) is 12.4. The van der Waals surface area contributed by atoms with Crippen molar-refractivity contribution in [2.24, 2.45) is 0 Å². The molecule has 0 fully saturated rings. The quantitative estimate of drug-likeness (QED) is 0.124. The molecule has 64 heavy (non-hydrogen) atoms. The third-order valence-corrected chi connectivity index (χ3v) is 12.4. The van der Waals surface area contributed by atoms with Gasteiger partial charge in [0.05, 0.1) is 0 Å². The van der Waals surface area contributed by atoms with Crippen LogP contribution in [0, 0.1) is 13.8 Å². The normalized spacial score (nSPS) is 11.0. The van der Waals surface area contributed by atoms with E-state index in [0.29, 0.717) is 0 Å². The van der Waals surface area contributed by atoms with Crippen LogP contribution < -0.4 is 10.4 Å². The van der Waals surface area contributed by atoms with Gasteiger partial charge in [0.25, 0.3) is 0 Å². The molecule has 10 rings (SSSR count). The molecule has 2 heteroatoms. The Bertz CT molecular complexity index is 3210. The highest BCUT2D eigenvalue weighted by atomic mass is 15.1. The predicted molar refractivity (Wildman–Crippen MR) is 274 cm³/mol. The third kappa shape index (κ3) is 8.10. The predicted octanol–water partition coefficient (Wildman–Crippen LogP) is 16.2. The lowest BCUT2D eigenvalue weighted by molar-refractivity contribution is 1.27. The van der Waals surface area contributed by atoms with Gasteiger partial charge in [0, 0.05) is 17.1 Å². The molecule has 0 amide bonds. The summed E-state index contributed by atoms with van der Waals surface area (Å²) in [6, 6.07) is 87.1. The van der Waals surface area contributed by atoms with Crippen molar-refractivity contribution >= 4 is 30.4 Å². The fourth-order valence-corrected chi connectivity index (χ4v) is 9.02. The number of benzene rings is 10. The van der Waals surface area contributed by atoms with E-state index in [1.165, 1.54) is 44.5 Å². The summed E-state index contributed by atoms with van der Waals surface area (Å²) in [5, 5.41) is 0. The molecule has 0 heterocycles. The molecule has 0 spiro atoms. The van der Waals surface area contributed by atoms with Crippen LogP contribution in [0.1, 0.15) is 11.1 Å². The van der Waals surface area contributed by atoms with Crippen LogP contribution in [-0.4, -0.2) is 7.85 Å². The standard InChI is InChI=1S/C62H46BN/c1-43-16-12-13-23-55(43)56-39-36-54(40-44(56)2)64(52-32-26-48(27-33-52)45-17-6-3-7-18-45)53-34-28-49(29-35-53)60-41-50(46-19-8-4-9-20-46)30-37-57(60)58-38-31-51(47-21-10-5-11-22-47)42-61(58)59-24-14-15-25-62(59)63/h3-42H,1-2H3. The van der Waals surface area contributed by atoms with Gasteiger partial charge in [-0.2, -0.15) is 0 Å². The van der Waals surface area contributed by atoms with Gasteiger partial charge < -0.3 is 4.90 Å². The van der Waals surface area contributed by atoms with Crippen LogP contribution in [0.5, 0.6) is 0 Å². The molecule has 10 aromatic rings. The molecule has 0 aliphatic heterocycles. The second kappa shape index (κ2) is 17.8. The van der Waals surface area contributed by atoms with Crippen LogP contribution in [0.2, 0.25) is 0 Å². The minimum absolute atomic E-state index is 0.750. The number of nitrogens with zero attached hydrogens (tertiary/aromatic N) is 1. The molecule has 0 bridgehead atoms. The van der Waals surface area contributed by atoms with Crippen LogP contribution in [-0.2, 0) is 0 Å². The second-order valence-corrected chi connectivity index (χ2v) is 16.4. The Morgan fingerprint density at radius 3 is 1.19 bits per heavy atom. The zero-order valence-electron chi connectivity index (χ0n) is 36.1. The summed E-state index contributed by atoms with van der Waals surface area (Å²) in [4.78, 5) is 2.37. The maximum Gasteiger partial charge on any atom is 0.114 e. The lowest BCUT2D eigenvalue weighted by Gasteiger charge is -2.27. The first kappa shape index (κ1) is 40.2. The lowest BCUT2D eigenvalue weighted by Crippen LogP contribution is -2.10. The van der Waals surface area contributed by atoms with Crippen LogP contribution in [0.4, 0.5) is 17.1 Å². The minimum atomic E-state index is 0.750. The lowest BCUT2D eigenvalue weighted by atomic mass is 9.81. The van der Waals surface area contributed by atoms with Crippen LogP contribution in [0.3, 0.4) is 0 Å². The summed E-state index contributed by atoms with van der Waals surface area (Å²) in [6.07, 6.45) is 0. The maximum atomic E-state index is 6.77. The summed E-state index contributed by atoms with van der Waals surface area (Å²) in [6.45, 7) is 4.40. The van der Waals surface area contributed by atoms with Crippen molar-refractivity contribution in [1.29, 1.82) is 0 Å². The van der Waals surface area contributed by atoms with E-state index in [4.69, 9.17) is 7.85 Å². The van der Waals surface area contributed by atoms with E-state index in [1.54, 1.807) is 0 Å². The van der Waals surface area contributed by atoms with E-state index in [9.17, 15) is 0 Å². The van der Waals surface area contributed by atoms with Gasteiger partial charge in [-0.25, -0.2) is 0 Å². The molecular formula is C62H46BN. The van der Waals surface area contributed by atoms with E-state index in [1.807, 2.05) is 12.1 Å². The van der Waals surface area contributed by atoms with Gasteiger partial charge in [-0.15, -0.1) is 0 Å². The molecule has 302 valence electrons. The van der Waals surface area contributed by atoms with Crippen molar-refractivity contribution in [2.45, 2.75) is 13.8 Å². The van der Waals surface area contributed by atoms with E-state index in [2.05, 4.69) is 249 Å². The van der Waals surface area contributed by atoms with Gasteiger partial charge in [0.15, 0.2) is 0 Å². The highest BCUT2D eigenvalue weighted by Gasteiger charge is 2.19. The van der Waals surface area contributed by atoms with Crippen molar-refractivity contribution in [3.8, 4) is 77.9 Å². The summed E-state index contributed by atoms with van der Waals surface area (Å²) in [7, 11) is 6.77. The van der Waals surface area contributed by atoms with Crippen molar-refractivity contribution in [3.63, 3.8) is 0 Å². The van der Waals surface area contributed by atoms with Gasteiger partial charge in [-0.05, 0) is 151 Å². The molecule has 0 atom stereocenters. The number of rotatable bonds is 10. The summed E-state index contributed by atoms with van der Waals surface area (Å²) >= 11 is 0. The summed E-state index contributed by atoms with van der Waals surface area (Å²) in [5.41, 5.74) is 22.7. The molecule has 0 aliphatic carbocycles. The molecule has 0 saturated heterocycles. The Labute approximate surface area is 379 Å². The smallest absolute Gasteiger partial charge is 0.114 e. The van der Waals surface area contributed by atoms with Crippen molar-refractivity contribution in [1.82, 2.24) is 0 Å². The van der Waals surface area contributed by atoms with Crippen LogP contribution in [0.15, 0.2) is 243 Å². The SMILES string of the molecule is [B]c1ccccc1-c1cc(-c2ccccc2)ccc1-c1ccc(-c2ccccc2)cc1-c1ccc(N(c2ccc(-c3ccccc3)cc2)c2ccc(-c3ccccc3C)c(C)c2)cc1. The van der Waals surface area contributed by atoms with E-state index >= 15 is 0 Å². The highest BCUT2D eigenvalue weighted by molar-refractivity contribution is 6.36. The number of hydrogen-bond donors (Lipinski definition) is 0. The topological polar surface area (TPSA) is 3.24 Å². The zero-order valence-corrected chi connectivity index (χ0v) is 36.1. The molecule has 10 aromatic carbocycles. The fourth-order valence-electron chi connectivity index (χ4n) is 9.02. The van der Waals surface area contributed by atoms with E-state index in [0.717, 1.165) is 67.0 Å². The Balaban J connectivity index is 1.11. The van der Waals surface area contributed by atoms with Gasteiger partial charge in [-0.3, -0.25) is 0 Å². The minimum Gasteiger partial charge on any atom is -0.310 e. The first-order valence-electron chi connectivity index (χ1n) is 22.0. The number of anilines is 3. The average Bonchev–Trinajstić information content (AvgIpc) is 3.35. The van der Waals surface area contributed by atoms with Crippen molar-refractivity contribution in [3.05, 3.63) is 254 Å². The Kier molecular flexibility index (Phi) is 11.2. The number of aryl methyl sites for hydroxylation is 2. The highest BCUT2D eigenvalue weighted by Crippen LogP contribution is 2.44. The van der Waals surface area contributed by atoms with Crippen LogP contribution >= 0.6 is 0 Å². The maximum absolute atomic E-state index is 6.77. The Morgan fingerprint density at radius 2 is 0.641 bits per heavy atom. The molecule has 2 radical (unpaired) electrons. The summed E-state index contributed by atoms with van der Waals surface area (Å²) < 4.78 is 0. The van der Waals surface area contributed by atoms with Gasteiger partial charge in [0.1, 0.15) is 7.85 Å². The van der Waals surface area contributed by atoms with Crippen molar-refractivity contribution < 1.29 is 0 Å². The van der Waals surface area contributed by atoms with Gasteiger partial charge >= 0.3 is 0 Å². The molecule has 0 aliphatic rings. The Morgan fingerprint density at radius 1 is 0.250 bits per heavy atom. The molecule has 0 N–H and O–H groups in total. The van der Waals surface area contributed by atoms with E-state index < -0.39 is 0 Å². The van der Waals surface area contributed by atoms with Crippen molar-refractivity contribution in [2.75, 3.05) is 4.90 Å². The zero-order chi connectivity index (χ0) is 43.4. The second-order valence-electron chi connectivity index (χ2n) is 16.4. The molecule has 1 nitrogen and oxygen atoms in total. The largest absolute Gasteiger partial charge is 0.310 e. The van der Waals surface area contributed by atoms with Gasteiger partial charge in [0.2, 0.25) is 0 Å². The molecule has 0 unspecified atom stereocenters. The van der Waals surface area contributed by atoms with Gasteiger partial charge in [-0.1, -0.05) is 200 Å². The van der Waals surface area contributed by atoms with Crippen LogP contribution in [0.25, 0.3) is 77.9 Å². The summed E-state index contributed by atoms with van der Waals surface area (Å²) in [5.74, 6) is 0. The average molecular weight is 816 g/mol. The number of hydrogen-bond acceptors (Lipinski definition) is 1.